The summed E-state index contributed by atoms with van der Waals surface area (Å²) in [5, 5.41) is 0. The summed E-state index contributed by atoms with van der Waals surface area (Å²) in [6.07, 6.45) is 1.54. The van der Waals surface area contributed by atoms with Crippen LogP contribution in [0, 0.1) is 0 Å². The van der Waals surface area contributed by atoms with Crippen LogP contribution in [0.1, 0.15) is 27.6 Å². The fourth-order valence-corrected chi connectivity index (χ4v) is 4.63. The molecule has 0 radical (unpaired) electrons. The predicted molar refractivity (Wildman–Crippen MR) is 113 cm³/mol. The van der Waals surface area contributed by atoms with Crippen LogP contribution in [0.3, 0.4) is 0 Å². The fraction of sp³-hybridized carbons (Fsp3) is 0.381. The van der Waals surface area contributed by atoms with Gasteiger partial charge in [-0.2, -0.15) is 4.31 Å². The number of carbonyl (C=O) groups is 2. The Labute approximate surface area is 181 Å². The topological polar surface area (TPSA) is 106 Å². The minimum Gasteiger partial charge on any atom is -0.475 e. The second kappa shape index (κ2) is 9.99. The van der Waals surface area contributed by atoms with Gasteiger partial charge >= 0.3 is 0 Å². The second-order valence-corrected chi connectivity index (χ2v) is 8.91. The number of carbonyl (C=O) groups excluding carboxylic acids is 2. The largest absolute Gasteiger partial charge is 0.475 e. The summed E-state index contributed by atoms with van der Waals surface area (Å²) in [5.41, 5.74) is 0.782. The van der Waals surface area contributed by atoms with Gasteiger partial charge < -0.3 is 14.4 Å². The number of hydrogen-bond acceptors (Lipinski definition) is 7. The first-order valence-corrected chi connectivity index (χ1v) is 11.3. The summed E-state index contributed by atoms with van der Waals surface area (Å²) in [6, 6.07) is 9.16. The number of nitrogens with zero attached hydrogens (tertiary/aromatic N) is 3. The zero-order valence-electron chi connectivity index (χ0n) is 17.5. The van der Waals surface area contributed by atoms with E-state index < -0.39 is 10.0 Å². The molecule has 1 amide bonds. The highest BCUT2D eigenvalue weighted by atomic mass is 32.2. The number of rotatable bonds is 8. The molecule has 2 heterocycles. The van der Waals surface area contributed by atoms with Gasteiger partial charge in [0, 0.05) is 45.0 Å². The lowest BCUT2D eigenvalue weighted by molar-refractivity contribution is 0.0689. The van der Waals surface area contributed by atoms with E-state index in [0.717, 1.165) is 0 Å². The maximum Gasteiger partial charge on any atom is 0.259 e. The fourth-order valence-electron chi connectivity index (χ4n) is 3.20. The van der Waals surface area contributed by atoms with E-state index in [0.29, 0.717) is 17.7 Å². The lowest BCUT2D eigenvalue weighted by Gasteiger charge is -2.34. The number of methoxy groups -OCH3 is 1. The van der Waals surface area contributed by atoms with Crippen molar-refractivity contribution in [2.75, 3.05) is 46.5 Å². The number of pyridine rings is 1. The lowest BCUT2D eigenvalue weighted by atomic mass is 10.2. The Balaban J connectivity index is 1.66. The molecule has 1 aliphatic heterocycles. The van der Waals surface area contributed by atoms with Crippen molar-refractivity contribution in [3.05, 3.63) is 53.7 Å². The van der Waals surface area contributed by atoms with E-state index >= 15 is 0 Å². The zero-order valence-corrected chi connectivity index (χ0v) is 18.3. The third-order valence-corrected chi connectivity index (χ3v) is 6.87. The van der Waals surface area contributed by atoms with E-state index in [2.05, 4.69) is 4.98 Å². The van der Waals surface area contributed by atoms with Crippen LogP contribution in [-0.2, 0) is 14.8 Å². The maximum absolute atomic E-state index is 13.0. The van der Waals surface area contributed by atoms with E-state index in [-0.39, 0.29) is 55.3 Å². The molecule has 10 heteroatoms. The molecule has 1 fully saturated rings. The highest BCUT2D eigenvalue weighted by molar-refractivity contribution is 7.89. The molecular weight excluding hydrogens is 422 g/mol. The third kappa shape index (κ3) is 5.27. The Morgan fingerprint density at radius 3 is 2.32 bits per heavy atom. The highest BCUT2D eigenvalue weighted by Crippen LogP contribution is 2.21. The minimum absolute atomic E-state index is 0.123. The van der Waals surface area contributed by atoms with Crippen molar-refractivity contribution >= 4 is 21.7 Å². The van der Waals surface area contributed by atoms with Crippen LogP contribution in [0.5, 0.6) is 5.88 Å². The van der Waals surface area contributed by atoms with Gasteiger partial charge in [0.1, 0.15) is 12.2 Å². The smallest absolute Gasteiger partial charge is 0.259 e. The van der Waals surface area contributed by atoms with E-state index in [1.54, 1.807) is 30.3 Å². The van der Waals surface area contributed by atoms with E-state index in [9.17, 15) is 18.0 Å². The van der Waals surface area contributed by atoms with E-state index in [4.69, 9.17) is 9.47 Å². The molecular formula is C21H25N3O6S. The molecule has 0 spiro atoms. The van der Waals surface area contributed by atoms with Crippen LogP contribution in [0.4, 0.5) is 0 Å². The third-order valence-electron chi connectivity index (χ3n) is 4.95. The molecule has 0 bridgehead atoms. The predicted octanol–water partition coefficient (Wildman–Crippen LogP) is 1.46. The number of sulfonamides is 1. The van der Waals surface area contributed by atoms with Crippen LogP contribution < -0.4 is 4.74 Å². The number of amides is 1. The average molecular weight is 448 g/mol. The molecule has 1 aliphatic rings. The number of hydrogen-bond donors (Lipinski definition) is 0. The van der Waals surface area contributed by atoms with Crippen LogP contribution in [0.25, 0.3) is 0 Å². The quantitative estimate of drug-likeness (QED) is 0.445. The monoisotopic (exact) mass is 447 g/mol. The standard InChI is InChI=1S/C21H25N3O6S/c1-16(25)17-5-7-18(8-6-17)31(27,28)24-12-10-23(11-13-24)21(26)19-4-3-9-22-20(19)30-15-14-29-2/h3-9H,10-15H2,1-2H3. The number of benzene rings is 1. The van der Waals surface area contributed by atoms with Gasteiger partial charge in [-0.3, -0.25) is 9.59 Å². The molecule has 1 aromatic heterocycles. The van der Waals surface area contributed by atoms with E-state index in [1.165, 1.54) is 35.5 Å². The van der Waals surface area contributed by atoms with Crippen LogP contribution in [0.15, 0.2) is 47.5 Å². The first-order chi connectivity index (χ1) is 14.8. The minimum atomic E-state index is -3.71. The van der Waals surface area contributed by atoms with Crippen molar-refractivity contribution < 1.29 is 27.5 Å². The van der Waals surface area contributed by atoms with Gasteiger partial charge in [0.15, 0.2) is 5.78 Å². The molecule has 0 unspecified atom stereocenters. The molecule has 1 saturated heterocycles. The molecule has 3 rings (SSSR count). The normalized spacial score (nSPS) is 15.0. The van der Waals surface area contributed by atoms with Crippen molar-refractivity contribution in [1.82, 2.24) is 14.2 Å². The number of piperazine rings is 1. The van der Waals surface area contributed by atoms with Crippen molar-refractivity contribution in [2.24, 2.45) is 0 Å². The average Bonchev–Trinajstić information content (AvgIpc) is 2.79. The van der Waals surface area contributed by atoms with Gasteiger partial charge in [0.05, 0.1) is 11.5 Å². The molecule has 31 heavy (non-hydrogen) atoms. The Hall–Kier alpha value is -2.82. The van der Waals surface area contributed by atoms with Gasteiger partial charge in [-0.1, -0.05) is 12.1 Å². The first kappa shape index (κ1) is 22.9. The number of Topliss-reactive ketones (excluding diaryl/α,β-unsaturated/α-hetero) is 1. The van der Waals surface area contributed by atoms with E-state index in [1.807, 2.05) is 0 Å². The van der Waals surface area contributed by atoms with Crippen LogP contribution in [0.2, 0.25) is 0 Å². The van der Waals surface area contributed by atoms with Gasteiger partial charge in [-0.15, -0.1) is 0 Å². The SMILES string of the molecule is COCCOc1ncccc1C(=O)N1CCN(S(=O)(=O)c2ccc(C(C)=O)cc2)CC1. The Kier molecular flexibility index (Phi) is 7.37. The first-order valence-electron chi connectivity index (χ1n) is 9.82. The molecule has 166 valence electrons. The summed E-state index contributed by atoms with van der Waals surface area (Å²) in [5.74, 6) is -0.161. The van der Waals surface area contributed by atoms with Crippen molar-refractivity contribution in [2.45, 2.75) is 11.8 Å². The number of ether oxygens (including phenoxy) is 2. The summed E-state index contributed by atoms with van der Waals surface area (Å²) >= 11 is 0. The molecule has 9 nitrogen and oxygen atoms in total. The lowest BCUT2D eigenvalue weighted by Crippen LogP contribution is -2.50. The van der Waals surface area contributed by atoms with Crippen LogP contribution >= 0.6 is 0 Å². The number of aromatic nitrogens is 1. The zero-order chi connectivity index (χ0) is 22.4. The van der Waals surface area contributed by atoms with Crippen molar-refractivity contribution in [3.8, 4) is 5.88 Å². The maximum atomic E-state index is 13.0. The van der Waals surface area contributed by atoms with Crippen molar-refractivity contribution in [3.63, 3.8) is 0 Å². The molecule has 0 atom stereocenters. The summed E-state index contributed by atoms with van der Waals surface area (Å²) in [7, 11) is -2.15. The van der Waals surface area contributed by atoms with Gasteiger partial charge in [-0.25, -0.2) is 13.4 Å². The summed E-state index contributed by atoms with van der Waals surface area (Å²) < 4.78 is 37.7. The van der Waals surface area contributed by atoms with Gasteiger partial charge in [0.25, 0.3) is 5.91 Å². The summed E-state index contributed by atoms with van der Waals surface area (Å²) in [4.78, 5) is 30.2. The van der Waals surface area contributed by atoms with Gasteiger partial charge in [-0.05, 0) is 31.2 Å². The van der Waals surface area contributed by atoms with Crippen LogP contribution in [-0.4, -0.2) is 80.8 Å². The molecule has 0 saturated carbocycles. The van der Waals surface area contributed by atoms with Gasteiger partial charge in [0.2, 0.25) is 15.9 Å². The second-order valence-electron chi connectivity index (χ2n) is 6.97. The highest BCUT2D eigenvalue weighted by Gasteiger charge is 2.31. The number of ketones is 1. The Bertz CT molecular complexity index is 1030. The molecule has 0 N–H and O–H groups in total. The summed E-state index contributed by atoms with van der Waals surface area (Å²) in [6.45, 7) is 2.89. The molecule has 2 aromatic rings. The Morgan fingerprint density at radius 1 is 1.03 bits per heavy atom. The Morgan fingerprint density at radius 2 is 1.71 bits per heavy atom. The molecule has 0 aliphatic carbocycles. The molecule has 1 aromatic carbocycles. The van der Waals surface area contributed by atoms with Crippen molar-refractivity contribution in [1.29, 1.82) is 0 Å².